The average molecular weight is 348 g/mol. The number of carbonyl (C=O) groups excluding carboxylic acids is 1. The first-order valence-corrected chi connectivity index (χ1v) is 9.63. The number of carbonyl (C=O) groups is 1. The third-order valence-electron chi connectivity index (χ3n) is 4.36. The Kier molecular flexibility index (Phi) is 4.21. The lowest BCUT2D eigenvalue weighted by molar-refractivity contribution is -0.116. The molecule has 1 aliphatic rings. The Hall–Kier alpha value is -2.15. The fourth-order valence-corrected chi connectivity index (χ4v) is 4.65. The molecule has 0 radical (unpaired) electrons. The number of sulfone groups is 1. The molecule has 0 fully saturated rings. The molecule has 0 unspecified atom stereocenters. The number of benzene rings is 1. The third kappa shape index (κ3) is 3.08. The number of anilines is 1. The van der Waals surface area contributed by atoms with Gasteiger partial charge in [0.15, 0.2) is 9.84 Å². The molecule has 1 aromatic heterocycles. The van der Waals surface area contributed by atoms with Crippen LogP contribution in [0.3, 0.4) is 0 Å². The van der Waals surface area contributed by atoms with Gasteiger partial charge in [0.05, 0.1) is 11.4 Å². The number of rotatable bonds is 4. The summed E-state index contributed by atoms with van der Waals surface area (Å²) >= 11 is 0. The molecule has 0 N–H and O–H groups in total. The number of amides is 1. The second kappa shape index (κ2) is 6.05. The minimum atomic E-state index is -3.60. The highest BCUT2D eigenvalue weighted by Crippen LogP contribution is 2.32. The first-order chi connectivity index (χ1) is 11.3. The van der Waals surface area contributed by atoms with E-state index in [1.807, 2.05) is 31.2 Å². The molecule has 6 nitrogen and oxygen atoms in total. The van der Waals surface area contributed by atoms with Crippen molar-refractivity contribution in [3.05, 3.63) is 46.8 Å². The summed E-state index contributed by atoms with van der Waals surface area (Å²) in [5, 5.41) is 3.76. The largest absolute Gasteiger partial charge is 0.361 e. The van der Waals surface area contributed by atoms with Crippen LogP contribution in [-0.4, -0.2) is 31.3 Å². The van der Waals surface area contributed by atoms with Crippen molar-refractivity contribution < 1.29 is 17.7 Å². The summed E-state index contributed by atoms with van der Waals surface area (Å²) in [6, 6.07) is 7.57. The standard InChI is InChI=1S/C17H20N2O4S/c1-11-8-14-6-4-5-7-16(14)19(11)17(20)10-24(21,22)9-15-12(2)18-23-13(15)3/h4-7,11H,8-10H2,1-3H3/t11-/m1/s1. The van der Waals surface area contributed by atoms with Crippen LogP contribution in [0.1, 0.15) is 29.5 Å². The zero-order valence-electron chi connectivity index (χ0n) is 13.9. The van der Waals surface area contributed by atoms with Crippen molar-refractivity contribution in [2.24, 2.45) is 0 Å². The van der Waals surface area contributed by atoms with E-state index in [-0.39, 0.29) is 17.7 Å². The molecule has 0 saturated heterocycles. The smallest absolute Gasteiger partial charge is 0.242 e. The van der Waals surface area contributed by atoms with Crippen molar-refractivity contribution >= 4 is 21.4 Å². The highest BCUT2D eigenvalue weighted by molar-refractivity contribution is 7.91. The van der Waals surface area contributed by atoms with Gasteiger partial charge in [0, 0.05) is 17.3 Å². The zero-order valence-corrected chi connectivity index (χ0v) is 14.8. The molecule has 0 bridgehead atoms. The number of para-hydroxylation sites is 1. The third-order valence-corrected chi connectivity index (χ3v) is 5.78. The molecule has 128 valence electrons. The van der Waals surface area contributed by atoms with Crippen molar-refractivity contribution in [3.8, 4) is 0 Å². The molecule has 24 heavy (non-hydrogen) atoms. The van der Waals surface area contributed by atoms with Gasteiger partial charge in [-0.3, -0.25) is 4.79 Å². The maximum atomic E-state index is 12.6. The maximum Gasteiger partial charge on any atom is 0.242 e. The van der Waals surface area contributed by atoms with Crippen molar-refractivity contribution in [1.29, 1.82) is 0 Å². The van der Waals surface area contributed by atoms with Gasteiger partial charge in [-0.05, 0) is 38.8 Å². The average Bonchev–Trinajstić information content (AvgIpc) is 2.99. The Bertz CT molecular complexity index is 866. The number of hydrogen-bond donors (Lipinski definition) is 0. The van der Waals surface area contributed by atoms with Gasteiger partial charge in [0.2, 0.25) is 5.91 Å². The lowest BCUT2D eigenvalue weighted by Crippen LogP contribution is -2.39. The van der Waals surface area contributed by atoms with Crippen molar-refractivity contribution in [2.45, 2.75) is 39.0 Å². The van der Waals surface area contributed by atoms with Crippen LogP contribution in [-0.2, 0) is 26.8 Å². The fraction of sp³-hybridized carbons (Fsp3) is 0.412. The molecular formula is C17H20N2O4S. The molecule has 1 atom stereocenters. The van der Waals surface area contributed by atoms with E-state index in [9.17, 15) is 13.2 Å². The Labute approximate surface area is 141 Å². The number of aryl methyl sites for hydroxylation is 2. The molecule has 1 aliphatic heterocycles. The SMILES string of the molecule is Cc1noc(C)c1CS(=O)(=O)CC(=O)N1c2ccccc2C[C@H]1C. The Morgan fingerprint density at radius 1 is 1.33 bits per heavy atom. The monoisotopic (exact) mass is 348 g/mol. The first kappa shape index (κ1) is 16.7. The van der Waals surface area contributed by atoms with Gasteiger partial charge < -0.3 is 9.42 Å². The van der Waals surface area contributed by atoms with Gasteiger partial charge in [-0.15, -0.1) is 0 Å². The number of nitrogens with zero attached hydrogens (tertiary/aromatic N) is 2. The van der Waals surface area contributed by atoms with Crippen LogP contribution < -0.4 is 4.90 Å². The minimum Gasteiger partial charge on any atom is -0.361 e. The predicted molar refractivity (Wildman–Crippen MR) is 90.6 cm³/mol. The van der Waals surface area contributed by atoms with E-state index in [4.69, 9.17) is 4.52 Å². The normalized spacial score (nSPS) is 17.1. The van der Waals surface area contributed by atoms with Crippen LogP contribution in [0.25, 0.3) is 0 Å². The van der Waals surface area contributed by atoms with Crippen LogP contribution in [0, 0.1) is 13.8 Å². The summed E-state index contributed by atoms with van der Waals surface area (Å²) in [6.07, 6.45) is 0.742. The molecule has 2 heterocycles. The quantitative estimate of drug-likeness (QED) is 0.846. The van der Waals surface area contributed by atoms with Crippen LogP contribution in [0.5, 0.6) is 0 Å². The topological polar surface area (TPSA) is 80.5 Å². The van der Waals surface area contributed by atoms with E-state index in [0.717, 1.165) is 17.7 Å². The van der Waals surface area contributed by atoms with Gasteiger partial charge in [0.1, 0.15) is 11.5 Å². The summed E-state index contributed by atoms with van der Waals surface area (Å²) in [6.45, 7) is 5.30. The molecule has 1 aromatic carbocycles. The van der Waals surface area contributed by atoms with E-state index < -0.39 is 15.6 Å². The van der Waals surface area contributed by atoms with Crippen molar-refractivity contribution in [3.63, 3.8) is 0 Å². The molecule has 2 aromatic rings. The lowest BCUT2D eigenvalue weighted by Gasteiger charge is -2.22. The van der Waals surface area contributed by atoms with Gasteiger partial charge in [-0.25, -0.2) is 8.42 Å². The molecule has 7 heteroatoms. The molecule has 3 rings (SSSR count). The van der Waals surface area contributed by atoms with Crippen LogP contribution in [0.2, 0.25) is 0 Å². The zero-order chi connectivity index (χ0) is 17.5. The second-order valence-electron chi connectivity index (χ2n) is 6.28. The summed E-state index contributed by atoms with van der Waals surface area (Å²) in [4.78, 5) is 14.2. The minimum absolute atomic E-state index is 0.0378. The van der Waals surface area contributed by atoms with Crippen LogP contribution in [0.4, 0.5) is 5.69 Å². The van der Waals surface area contributed by atoms with Gasteiger partial charge >= 0.3 is 0 Å². The Morgan fingerprint density at radius 2 is 2.04 bits per heavy atom. The van der Waals surface area contributed by atoms with Crippen LogP contribution >= 0.6 is 0 Å². The van der Waals surface area contributed by atoms with Crippen LogP contribution in [0.15, 0.2) is 28.8 Å². The summed E-state index contributed by atoms with van der Waals surface area (Å²) in [5.41, 5.74) is 2.96. The van der Waals surface area contributed by atoms with Gasteiger partial charge in [-0.2, -0.15) is 0 Å². The number of aromatic nitrogens is 1. The fourth-order valence-electron chi connectivity index (χ4n) is 3.18. The lowest BCUT2D eigenvalue weighted by atomic mass is 10.1. The molecule has 0 saturated carbocycles. The predicted octanol–water partition coefficient (Wildman–Crippen LogP) is 2.18. The van der Waals surface area contributed by atoms with E-state index in [0.29, 0.717) is 17.0 Å². The Balaban J connectivity index is 1.79. The second-order valence-corrected chi connectivity index (χ2v) is 8.35. The molecule has 0 aliphatic carbocycles. The summed E-state index contributed by atoms with van der Waals surface area (Å²) in [5.74, 6) is -0.665. The van der Waals surface area contributed by atoms with E-state index in [2.05, 4.69) is 5.16 Å². The van der Waals surface area contributed by atoms with Crippen molar-refractivity contribution in [1.82, 2.24) is 5.16 Å². The van der Waals surface area contributed by atoms with E-state index >= 15 is 0 Å². The summed E-state index contributed by atoms with van der Waals surface area (Å²) < 4.78 is 29.9. The molecular weight excluding hydrogens is 328 g/mol. The molecule has 1 amide bonds. The highest BCUT2D eigenvalue weighted by Gasteiger charge is 2.33. The number of fused-ring (bicyclic) bond motifs is 1. The van der Waals surface area contributed by atoms with E-state index in [1.165, 1.54) is 0 Å². The van der Waals surface area contributed by atoms with Crippen molar-refractivity contribution in [2.75, 3.05) is 10.7 Å². The summed E-state index contributed by atoms with van der Waals surface area (Å²) in [7, 11) is -3.60. The van der Waals surface area contributed by atoms with Gasteiger partial charge in [-0.1, -0.05) is 23.4 Å². The Morgan fingerprint density at radius 3 is 2.71 bits per heavy atom. The van der Waals surface area contributed by atoms with Gasteiger partial charge in [0.25, 0.3) is 0 Å². The first-order valence-electron chi connectivity index (χ1n) is 7.80. The molecule has 0 spiro atoms. The van der Waals surface area contributed by atoms with E-state index in [1.54, 1.807) is 18.7 Å². The highest BCUT2D eigenvalue weighted by atomic mass is 32.2. The number of hydrogen-bond acceptors (Lipinski definition) is 5. The maximum absolute atomic E-state index is 12.6.